The van der Waals surface area contributed by atoms with Crippen LogP contribution in [0.1, 0.15) is 38.2 Å². The van der Waals surface area contributed by atoms with E-state index in [0.29, 0.717) is 18.8 Å². The van der Waals surface area contributed by atoms with Gasteiger partial charge in [-0.2, -0.15) is 0 Å². The second-order valence-corrected chi connectivity index (χ2v) is 5.92. The predicted molar refractivity (Wildman–Crippen MR) is 84.2 cm³/mol. The molecule has 1 atom stereocenters. The molecule has 2 N–H and O–H groups in total. The van der Waals surface area contributed by atoms with Crippen LogP contribution in [0.15, 0.2) is 18.2 Å². The monoisotopic (exact) mass is 294 g/mol. The van der Waals surface area contributed by atoms with Gasteiger partial charge in [-0.3, -0.25) is 0 Å². The fraction of sp³-hybridized carbons (Fsp3) is 0.647. The number of hydrogen-bond donors (Lipinski definition) is 1. The van der Waals surface area contributed by atoms with Gasteiger partial charge in [0.05, 0.1) is 6.61 Å². The van der Waals surface area contributed by atoms with Gasteiger partial charge in [-0.05, 0) is 62.9 Å². The van der Waals surface area contributed by atoms with Gasteiger partial charge in [0, 0.05) is 18.7 Å². The highest BCUT2D eigenvalue weighted by Crippen LogP contribution is 2.18. The SMILES string of the molecule is CCC(N)Cc1cc(F)cc(OCCCN2CCCC2)c1. The van der Waals surface area contributed by atoms with Crippen molar-refractivity contribution in [1.29, 1.82) is 0 Å². The maximum atomic E-state index is 13.6. The molecule has 0 radical (unpaired) electrons. The summed E-state index contributed by atoms with van der Waals surface area (Å²) in [7, 11) is 0. The summed E-state index contributed by atoms with van der Waals surface area (Å²) in [4.78, 5) is 2.46. The van der Waals surface area contributed by atoms with Crippen molar-refractivity contribution in [2.75, 3.05) is 26.2 Å². The molecule has 4 heteroatoms. The van der Waals surface area contributed by atoms with E-state index >= 15 is 0 Å². The van der Waals surface area contributed by atoms with Crippen LogP contribution in [0.25, 0.3) is 0 Å². The number of ether oxygens (including phenoxy) is 1. The summed E-state index contributed by atoms with van der Waals surface area (Å²) in [6.45, 7) is 6.17. The van der Waals surface area contributed by atoms with Crippen LogP contribution in [0.5, 0.6) is 5.75 Å². The van der Waals surface area contributed by atoms with Gasteiger partial charge >= 0.3 is 0 Å². The molecule has 1 aromatic rings. The first-order chi connectivity index (χ1) is 10.2. The molecule has 1 aromatic carbocycles. The molecule has 0 aromatic heterocycles. The number of nitrogens with zero attached hydrogens (tertiary/aromatic N) is 1. The van der Waals surface area contributed by atoms with Crippen molar-refractivity contribution < 1.29 is 9.13 Å². The molecule has 0 amide bonds. The summed E-state index contributed by atoms with van der Waals surface area (Å²) >= 11 is 0. The van der Waals surface area contributed by atoms with Gasteiger partial charge in [0.2, 0.25) is 0 Å². The number of halogens is 1. The molecule has 0 aliphatic carbocycles. The molecular formula is C17H27FN2O. The molecule has 2 rings (SSSR count). The van der Waals surface area contributed by atoms with Crippen molar-refractivity contribution in [2.45, 2.75) is 45.1 Å². The van der Waals surface area contributed by atoms with E-state index in [4.69, 9.17) is 10.5 Å². The van der Waals surface area contributed by atoms with Crippen LogP contribution in [0.2, 0.25) is 0 Å². The van der Waals surface area contributed by atoms with Crippen LogP contribution in [-0.4, -0.2) is 37.2 Å². The summed E-state index contributed by atoms with van der Waals surface area (Å²) in [6, 6.07) is 4.99. The summed E-state index contributed by atoms with van der Waals surface area (Å²) in [5, 5.41) is 0. The standard InChI is InChI=1S/C17H27FN2O/c1-2-16(19)11-14-10-15(18)13-17(12-14)21-9-5-8-20-6-3-4-7-20/h10,12-13,16H,2-9,11,19H2,1H3. The minimum Gasteiger partial charge on any atom is -0.493 e. The molecule has 118 valence electrons. The van der Waals surface area contributed by atoms with E-state index in [2.05, 4.69) is 4.90 Å². The number of likely N-dealkylation sites (tertiary alicyclic amines) is 1. The summed E-state index contributed by atoms with van der Waals surface area (Å²) in [5.41, 5.74) is 6.84. The molecule has 21 heavy (non-hydrogen) atoms. The normalized spacial score (nSPS) is 17.1. The molecular weight excluding hydrogens is 267 g/mol. The third kappa shape index (κ3) is 5.64. The molecule has 1 saturated heterocycles. The van der Waals surface area contributed by atoms with Gasteiger partial charge in [0.15, 0.2) is 0 Å². The molecule has 1 aliphatic rings. The lowest BCUT2D eigenvalue weighted by Crippen LogP contribution is -2.22. The third-order valence-corrected chi connectivity index (χ3v) is 4.04. The Labute approximate surface area is 127 Å². The fourth-order valence-electron chi connectivity index (χ4n) is 2.75. The summed E-state index contributed by atoms with van der Waals surface area (Å²) in [5.74, 6) is 0.375. The highest BCUT2D eigenvalue weighted by molar-refractivity contribution is 5.30. The van der Waals surface area contributed by atoms with Crippen LogP contribution in [0, 0.1) is 5.82 Å². The van der Waals surface area contributed by atoms with Gasteiger partial charge in [-0.1, -0.05) is 6.92 Å². The molecule has 1 fully saturated rings. The number of nitrogens with two attached hydrogens (primary N) is 1. The lowest BCUT2D eigenvalue weighted by molar-refractivity contribution is 0.262. The number of rotatable bonds is 8. The van der Waals surface area contributed by atoms with Crippen molar-refractivity contribution in [2.24, 2.45) is 5.73 Å². The lowest BCUT2D eigenvalue weighted by Gasteiger charge is -2.15. The topological polar surface area (TPSA) is 38.5 Å². The van der Waals surface area contributed by atoms with Crippen LogP contribution < -0.4 is 10.5 Å². The molecule has 0 spiro atoms. The molecule has 0 bridgehead atoms. The maximum absolute atomic E-state index is 13.6. The minimum atomic E-state index is -0.245. The Morgan fingerprint density at radius 1 is 1.29 bits per heavy atom. The zero-order valence-corrected chi connectivity index (χ0v) is 13.0. The molecule has 1 unspecified atom stereocenters. The third-order valence-electron chi connectivity index (χ3n) is 4.04. The Morgan fingerprint density at radius 2 is 2.05 bits per heavy atom. The van der Waals surface area contributed by atoms with Crippen LogP contribution in [-0.2, 0) is 6.42 Å². The molecule has 1 aliphatic heterocycles. The van der Waals surface area contributed by atoms with E-state index in [1.54, 1.807) is 6.07 Å². The lowest BCUT2D eigenvalue weighted by atomic mass is 10.0. The second-order valence-electron chi connectivity index (χ2n) is 5.92. The van der Waals surface area contributed by atoms with E-state index < -0.39 is 0 Å². The largest absolute Gasteiger partial charge is 0.493 e. The van der Waals surface area contributed by atoms with Gasteiger partial charge in [0.25, 0.3) is 0 Å². The van der Waals surface area contributed by atoms with Crippen molar-refractivity contribution in [3.8, 4) is 5.75 Å². The van der Waals surface area contributed by atoms with Gasteiger partial charge in [-0.15, -0.1) is 0 Å². The average Bonchev–Trinajstić information content (AvgIpc) is 2.96. The fourth-order valence-corrected chi connectivity index (χ4v) is 2.75. The highest BCUT2D eigenvalue weighted by atomic mass is 19.1. The van der Waals surface area contributed by atoms with Crippen molar-refractivity contribution in [3.63, 3.8) is 0 Å². The zero-order chi connectivity index (χ0) is 15.1. The maximum Gasteiger partial charge on any atom is 0.127 e. The van der Waals surface area contributed by atoms with Crippen molar-refractivity contribution in [1.82, 2.24) is 4.90 Å². The summed E-state index contributed by atoms with van der Waals surface area (Å²) in [6.07, 6.45) is 5.19. The Hall–Kier alpha value is -1.13. The Balaban J connectivity index is 1.78. The smallest absolute Gasteiger partial charge is 0.127 e. The number of benzene rings is 1. The Kier molecular flexibility index (Phi) is 6.46. The Morgan fingerprint density at radius 3 is 2.76 bits per heavy atom. The number of hydrogen-bond acceptors (Lipinski definition) is 3. The quantitative estimate of drug-likeness (QED) is 0.749. The van der Waals surface area contributed by atoms with Crippen LogP contribution in [0.4, 0.5) is 4.39 Å². The van der Waals surface area contributed by atoms with Crippen molar-refractivity contribution >= 4 is 0 Å². The zero-order valence-electron chi connectivity index (χ0n) is 13.0. The summed E-state index contributed by atoms with van der Waals surface area (Å²) < 4.78 is 19.3. The Bertz CT molecular complexity index is 433. The predicted octanol–water partition coefficient (Wildman–Crippen LogP) is 2.97. The van der Waals surface area contributed by atoms with E-state index in [1.165, 1.54) is 32.0 Å². The van der Waals surface area contributed by atoms with E-state index in [9.17, 15) is 4.39 Å². The second kappa shape index (κ2) is 8.35. The van der Waals surface area contributed by atoms with Gasteiger partial charge in [-0.25, -0.2) is 4.39 Å². The molecule has 1 heterocycles. The van der Waals surface area contributed by atoms with Crippen LogP contribution in [0.3, 0.4) is 0 Å². The van der Waals surface area contributed by atoms with E-state index in [1.807, 2.05) is 13.0 Å². The average molecular weight is 294 g/mol. The van der Waals surface area contributed by atoms with Crippen LogP contribution >= 0.6 is 0 Å². The first-order valence-electron chi connectivity index (χ1n) is 8.07. The first kappa shape index (κ1) is 16.2. The first-order valence-corrected chi connectivity index (χ1v) is 8.07. The van der Waals surface area contributed by atoms with E-state index in [-0.39, 0.29) is 11.9 Å². The van der Waals surface area contributed by atoms with E-state index in [0.717, 1.165) is 24.9 Å². The van der Waals surface area contributed by atoms with Crippen molar-refractivity contribution in [3.05, 3.63) is 29.6 Å². The molecule has 0 saturated carbocycles. The van der Waals surface area contributed by atoms with Gasteiger partial charge < -0.3 is 15.4 Å². The molecule has 3 nitrogen and oxygen atoms in total. The minimum absolute atomic E-state index is 0.0785. The highest BCUT2D eigenvalue weighted by Gasteiger charge is 2.10. The van der Waals surface area contributed by atoms with Gasteiger partial charge in [0.1, 0.15) is 11.6 Å².